The number of hydrogen-bond acceptors (Lipinski definition) is 4. The molecule has 0 saturated heterocycles. The van der Waals surface area contributed by atoms with Crippen molar-refractivity contribution in [2.75, 3.05) is 20.2 Å². The van der Waals surface area contributed by atoms with Crippen LogP contribution >= 0.6 is 0 Å². The van der Waals surface area contributed by atoms with E-state index in [1.54, 1.807) is 0 Å². The van der Waals surface area contributed by atoms with Crippen molar-refractivity contribution in [3.63, 3.8) is 0 Å². The standard InChI is InChI=1S/C16H23FN2O3/c1-4-18-11(2)10-19-16(21)8-6-14(20)12-5-7-15(22-3)13(17)9-12/h5,7,9,11,18H,4,6,8,10H2,1-3H3,(H,19,21)/t11-/m1/s1. The summed E-state index contributed by atoms with van der Waals surface area (Å²) in [7, 11) is 1.36. The fourth-order valence-electron chi connectivity index (χ4n) is 1.99. The van der Waals surface area contributed by atoms with Gasteiger partial charge in [0.25, 0.3) is 0 Å². The minimum atomic E-state index is -0.586. The average Bonchev–Trinajstić information content (AvgIpc) is 2.50. The summed E-state index contributed by atoms with van der Waals surface area (Å²) in [6.45, 7) is 5.30. The Kier molecular flexibility index (Phi) is 7.52. The van der Waals surface area contributed by atoms with Crippen molar-refractivity contribution in [2.24, 2.45) is 0 Å². The van der Waals surface area contributed by atoms with Gasteiger partial charge < -0.3 is 15.4 Å². The summed E-state index contributed by atoms with van der Waals surface area (Å²) in [5.41, 5.74) is 0.243. The number of methoxy groups -OCH3 is 1. The van der Waals surface area contributed by atoms with Crippen LogP contribution in [0.5, 0.6) is 5.75 Å². The van der Waals surface area contributed by atoms with E-state index in [9.17, 15) is 14.0 Å². The molecular weight excluding hydrogens is 287 g/mol. The number of rotatable bonds is 9. The number of carbonyl (C=O) groups is 2. The summed E-state index contributed by atoms with van der Waals surface area (Å²) in [5, 5.41) is 5.93. The molecule has 0 fully saturated rings. The van der Waals surface area contributed by atoms with Gasteiger partial charge >= 0.3 is 0 Å². The molecule has 0 aliphatic carbocycles. The maximum absolute atomic E-state index is 13.5. The van der Waals surface area contributed by atoms with Gasteiger partial charge in [-0.05, 0) is 31.7 Å². The van der Waals surface area contributed by atoms with Crippen molar-refractivity contribution >= 4 is 11.7 Å². The summed E-state index contributed by atoms with van der Waals surface area (Å²) >= 11 is 0. The van der Waals surface area contributed by atoms with Gasteiger partial charge in [-0.15, -0.1) is 0 Å². The highest BCUT2D eigenvalue weighted by Gasteiger charge is 2.12. The summed E-state index contributed by atoms with van der Waals surface area (Å²) in [6.07, 6.45) is 0.137. The molecule has 1 amide bonds. The minimum absolute atomic E-state index is 0.0488. The second-order valence-corrected chi connectivity index (χ2v) is 5.04. The molecule has 1 aromatic rings. The van der Waals surface area contributed by atoms with Gasteiger partial charge in [-0.25, -0.2) is 4.39 Å². The van der Waals surface area contributed by atoms with Crippen LogP contribution in [0.3, 0.4) is 0 Å². The number of hydrogen-bond donors (Lipinski definition) is 2. The predicted octanol–water partition coefficient (Wildman–Crippen LogP) is 1.91. The number of amides is 1. The molecule has 6 heteroatoms. The Balaban J connectivity index is 2.42. The second kappa shape index (κ2) is 9.15. The molecule has 0 unspecified atom stereocenters. The Morgan fingerprint density at radius 1 is 1.32 bits per heavy atom. The van der Waals surface area contributed by atoms with Gasteiger partial charge in [-0.2, -0.15) is 0 Å². The lowest BCUT2D eigenvalue weighted by Gasteiger charge is -2.13. The van der Waals surface area contributed by atoms with E-state index in [1.165, 1.54) is 19.2 Å². The third kappa shape index (κ3) is 5.81. The van der Waals surface area contributed by atoms with Gasteiger partial charge in [-0.1, -0.05) is 6.92 Å². The van der Waals surface area contributed by atoms with E-state index in [1.807, 2.05) is 13.8 Å². The molecular formula is C16H23FN2O3. The van der Waals surface area contributed by atoms with Crippen LogP contribution in [0.15, 0.2) is 18.2 Å². The Bertz CT molecular complexity index is 520. The van der Waals surface area contributed by atoms with Crippen LogP contribution in [-0.4, -0.2) is 37.9 Å². The Labute approximate surface area is 130 Å². The zero-order chi connectivity index (χ0) is 16.5. The zero-order valence-corrected chi connectivity index (χ0v) is 13.2. The van der Waals surface area contributed by atoms with E-state index < -0.39 is 5.82 Å². The van der Waals surface area contributed by atoms with E-state index in [-0.39, 0.29) is 41.9 Å². The highest BCUT2D eigenvalue weighted by Crippen LogP contribution is 2.18. The lowest BCUT2D eigenvalue weighted by molar-refractivity contribution is -0.121. The monoisotopic (exact) mass is 310 g/mol. The van der Waals surface area contributed by atoms with Crippen LogP contribution in [0.2, 0.25) is 0 Å². The first-order chi connectivity index (χ1) is 10.5. The Hall–Kier alpha value is -1.95. The molecule has 5 nitrogen and oxygen atoms in total. The average molecular weight is 310 g/mol. The molecule has 122 valence electrons. The topological polar surface area (TPSA) is 67.4 Å². The van der Waals surface area contributed by atoms with Gasteiger partial charge in [0, 0.05) is 31.0 Å². The quantitative estimate of drug-likeness (QED) is 0.684. The molecule has 0 radical (unpaired) electrons. The number of benzene rings is 1. The first kappa shape index (κ1) is 18.1. The normalized spacial score (nSPS) is 11.8. The van der Waals surface area contributed by atoms with E-state index >= 15 is 0 Å². The van der Waals surface area contributed by atoms with Crippen LogP contribution < -0.4 is 15.4 Å². The van der Waals surface area contributed by atoms with Crippen LogP contribution in [0.1, 0.15) is 37.0 Å². The van der Waals surface area contributed by atoms with Gasteiger partial charge in [0.05, 0.1) is 7.11 Å². The summed E-state index contributed by atoms with van der Waals surface area (Å²) in [5.74, 6) is -0.951. The lowest BCUT2D eigenvalue weighted by atomic mass is 10.1. The third-order valence-corrected chi connectivity index (χ3v) is 3.21. The second-order valence-electron chi connectivity index (χ2n) is 5.04. The molecule has 0 saturated carbocycles. The molecule has 22 heavy (non-hydrogen) atoms. The minimum Gasteiger partial charge on any atom is -0.494 e. The van der Waals surface area contributed by atoms with Crippen LogP contribution in [-0.2, 0) is 4.79 Å². The molecule has 0 aliphatic rings. The number of halogens is 1. The first-order valence-electron chi connectivity index (χ1n) is 7.34. The molecule has 0 aromatic heterocycles. The number of ether oxygens (including phenoxy) is 1. The van der Waals surface area contributed by atoms with Crippen molar-refractivity contribution < 1.29 is 18.7 Å². The Morgan fingerprint density at radius 3 is 2.64 bits per heavy atom. The zero-order valence-electron chi connectivity index (χ0n) is 13.2. The van der Waals surface area contributed by atoms with Crippen molar-refractivity contribution in [3.8, 4) is 5.75 Å². The van der Waals surface area contributed by atoms with Crippen LogP contribution in [0.4, 0.5) is 4.39 Å². The maximum atomic E-state index is 13.5. The van der Waals surface area contributed by atoms with Crippen LogP contribution in [0, 0.1) is 5.82 Å². The molecule has 1 atom stereocenters. The number of Topliss-reactive ketones (excluding diaryl/α,β-unsaturated/α-hetero) is 1. The highest BCUT2D eigenvalue weighted by molar-refractivity contribution is 5.98. The van der Waals surface area contributed by atoms with Gasteiger partial charge in [-0.3, -0.25) is 9.59 Å². The van der Waals surface area contributed by atoms with Crippen molar-refractivity contribution in [2.45, 2.75) is 32.7 Å². The summed E-state index contributed by atoms with van der Waals surface area (Å²) < 4.78 is 18.3. The number of nitrogens with one attached hydrogen (secondary N) is 2. The molecule has 0 aliphatic heterocycles. The number of likely N-dealkylation sites (N-methyl/N-ethyl adjacent to an activating group) is 1. The van der Waals surface area contributed by atoms with Gasteiger partial charge in [0.15, 0.2) is 17.3 Å². The van der Waals surface area contributed by atoms with E-state index in [4.69, 9.17) is 4.74 Å². The molecule has 2 N–H and O–H groups in total. The predicted molar refractivity (Wildman–Crippen MR) is 82.7 cm³/mol. The maximum Gasteiger partial charge on any atom is 0.220 e. The fraction of sp³-hybridized carbons (Fsp3) is 0.500. The van der Waals surface area contributed by atoms with Gasteiger partial charge in [0.2, 0.25) is 5.91 Å². The third-order valence-electron chi connectivity index (χ3n) is 3.21. The lowest BCUT2D eigenvalue weighted by Crippen LogP contribution is -2.38. The fourth-order valence-corrected chi connectivity index (χ4v) is 1.99. The van der Waals surface area contributed by atoms with Crippen molar-refractivity contribution in [3.05, 3.63) is 29.6 Å². The van der Waals surface area contributed by atoms with E-state index in [0.29, 0.717) is 6.54 Å². The van der Waals surface area contributed by atoms with E-state index in [0.717, 1.165) is 12.6 Å². The molecule has 0 bridgehead atoms. The number of carbonyl (C=O) groups excluding carboxylic acids is 2. The van der Waals surface area contributed by atoms with Gasteiger partial charge in [0.1, 0.15) is 0 Å². The molecule has 1 rings (SSSR count). The SMILES string of the molecule is CCN[C@H](C)CNC(=O)CCC(=O)c1ccc(OC)c(F)c1. The summed E-state index contributed by atoms with van der Waals surface area (Å²) in [6, 6.07) is 4.21. The highest BCUT2D eigenvalue weighted by atomic mass is 19.1. The van der Waals surface area contributed by atoms with E-state index in [2.05, 4.69) is 10.6 Å². The molecule has 0 spiro atoms. The first-order valence-corrected chi connectivity index (χ1v) is 7.34. The summed E-state index contributed by atoms with van der Waals surface area (Å²) in [4.78, 5) is 23.6. The number of ketones is 1. The van der Waals surface area contributed by atoms with Crippen LogP contribution in [0.25, 0.3) is 0 Å². The van der Waals surface area contributed by atoms with Crippen molar-refractivity contribution in [1.29, 1.82) is 0 Å². The Morgan fingerprint density at radius 2 is 2.05 bits per heavy atom. The smallest absolute Gasteiger partial charge is 0.220 e. The van der Waals surface area contributed by atoms with Crippen molar-refractivity contribution in [1.82, 2.24) is 10.6 Å². The molecule has 0 heterocycles. The largest absolute Gasteiger partial charge is 0.494 e. The molecule has 1 aromatic carbocycles.